The molecule has 0 aromatic carbocycles. The molecule has 4 nitrogen and oxygen atoms in total. The molecule has 0 N–H and O–H groups in total. The number of nitriles is 2. The Morgan fingerprint density at radius 2 is 2.18 bits per heavy atom. The van der Waals surface area contributed by atoms with E-state index in [1.165, 1.54) is 0 Å². The molecule has 0 bridgehead atoms. The highest BCUT2D eigenvalue weighted by molar-refractivity contribution is 5.79. The molecule has 0 radical (unpaired) electrons. The third-order valence-corrected chi connectivity index (χ3v) is 0.777. The van der Waals surface area contributed by atoms with Crippen molar-refractivity contribution in [1.29, 1.82) is 10.5 Å². The van der Waals surface area contributed by atoms with Gasteiger partial charge < -0.3 is 4.74 Å². The zero-order chi connectivity index (χ0) is 8.69. The monoisotopic (exact) mass is 151 g/mol. The SMILES string of the molecule is CC(C)O/C(CC#N)=N/C#N. The van der Waals surface area contributed by atoms with Crippen LogP contribution in [0.25, 0.3) is 0 Å². The average molecular weight is 151 g/mol. The van der Waals surface area contributed by atoms with Crippen molar-refractivity contribution in [2.75, 3.05) is 0 Å². The lowest BCUT2D eigenvalue weighted by atomic mass is 10.4. The van der Waals surface area contributed by atoms with E-state index in [0.717, 1.165) is 0 Å². The normalized spacial score (nSPS) is 10.5. The molecular formula is C7H9N3O. The van der Waals surface area contributed by atoms with E-state index in [2.05, 4.69) is 4.99 Å². The van der Waals surface area contributed by atoms with Crippen LogP contribution in [-0.2, 0) is 4.74 Å². The Hall–Kier alpha value is -1.55. The van der Waals surface area contributed by atoms with E-state index in [9.17, 15) is 0 Å². The number of hydrogen-bond donors (Lipinski definition) is 0. The average Bonchev–Trinajstić information content (AvgIpc) is 1.87. The van der Waals surface area contributed by atoms with E-state index in [-0.39, 0.29) is 18.4 Å². The van der Waals surface area contributed by atoms with Gasteiger partial charge in [0.05, 0.1) is 12.2 Å². The highest BCUT2D eigenvalue weighted by Crippen LogP contribution is 1.94. The van der Waals surface area contributed by atoms with Crippen LogP contribution < -0.4 is 0 Å². The third kappa shape index (κ3) is 4.92. The molecule has 0 saturated carbocycles. The molecule has 0 spiro atoms. The highest BCUT2D eigenvalue weighted by atomic mass is 16.5. The summed E-state index contributed by atoms with van der Waals surface area (Å²) in [6, 6.07) is 1.85. The maximum atomic E-state index is 8.26. The Balaban J connectivity index is 4.05. The molecular weight excluding hydrogens is 142 g/mol. The molecule has 0 fully saturated rings. The van der Waals surface area contributed by atoms with Crippen LogP contribution in [0.15, 0.2) is 4.99 Å². The fourth-order valence-corrected chi connectivity index (χ4v) is 0.503. The zero-order valence-corrected chi connectivity index (χ0v) is 6.53. The van der Waals surface area contributed by atoms with E-state index in [1.54, 1.807) is 6.19 Å². The molecule has 0 aliphatic carbocycles. The summed E-state index contributed by atoms with van der Waals surface area (Å²) < 4.78 is 5.04. The first kappa shape index (κ1) is 9.45. The van der Waals surface area contributed by atoms with Gasteiger partial charge in [0.15, 0.2) is 0 Å². The highest BCUT2D eigenvalue weighted by Gasteiger charge is 2.01. The lowest BCUT2D eigenvalue weighted by molar-refractivity contribution is 0.224. The lowest BCUT2D eigenvalue weighted by Gasteiger charge is -2.07. The molecule has 58 valence electrons. The van der Waals surface area contributed by atoms with Gasteiger partial charge in [0.1, 0.15) is 6.42 Å². The minimum Gasteiger partial charge on any atom is -0.477 e. The first-order valence-electron chi connectivity index (χ1n) is 3.20. The van der Waals surface area contributed by atoms with Crippen molar-refractivity contribution in [3.05, 3.63) is 0 Å². The van der Waals surface area contributed by atoms with Crippen LogP contribution in [0.5, 0.6) is 0 Å². The molecule has 0 amide bonds. The zero-order valence-electron chi connectivity index (χ0n) is 6.53. The summed E-state index contributed by atoms with van der Waals surface area (Å²) in [5, 5.41) is 16.4. The number of nitrogens with zero attached hydrogens (tertiary/aromatic N) is 3. The van der Waals surface area contributed by atoms with Crippen molar-refractivity contribution in [2.45, 2.75) is 26.4 Å². The van der Waals surface area contributed by atoms with Gasteiger partial charge in [-0.3, -0.25) is 0 Å². The van der Waals surface area contributed by atoms with Crippen LogP contribution in [0.4, 0.5) is 0 Å². The van der Waals surface area contributed by atoms with E-state index in [1.807, 2.05) is 19.9 Å². The molecule has 0 unspecified atom stereocenters. The van der Waals surface area contributed by atoms with E-state index >= 15 is 0 Å². The molecule has 0 aromatic heterocycles. The number of rotatable bonds is 2. The third-order valence-electron chi connectivity index (χ3n) is 0.777. The summed E-state index contributed by atoms with van der Waals surface area (Å²) in [6.07, 6.45) is 1.57. The maximum Gasteiger partial charge on any atom is 0.213 e. The Kier molecular flexibility index (Phi) is 4.51. The van der Waals surface area contributed by atoms with Gasteiger partial charge in [0.25, 0.3) is 0 Å². The second kappa shape index (κ2) is 5.25. The molecule has 11 heavy (non-hydrogen) atoms. The summed E-state index contributed by atoms with van der Waals surface area (Å²) in [7, 11) is 0. The quantitative estimate of drug-likeness (QED) is 0.338. The van der Waals surface area contributed by atoms with Crippen molar-refractivity contribution in [2.24, 2.45) is 4.99 Å². The Morgan fingerprint density at radius 1 is 1.55 bits per heavy atom. The van der Waals surface area contributed by atoms with Crippen molar-refractivity contribution in [3.63, 3.8) is 0 Å². The maximum absolute atomic E-state index is 8.26. The molecule has 4 heteroatoms. The van der Waals surface area contributed by atoms with Crippen LogP contribution in [0, 0.1) is 22.8 Å². The Labute approximate surface area is 65.7 Å². The van der Waals surface area contributed by atoms with Crippen LogP contribution >= 0.6 is 0 Å². The van der Waals surface area contributed by atoms with Crippen molar-refractivity contribution in [1.82, 2.24) is 0 Å². The fourth-order valence-electron chi connectivity index (χ4n) is 0.503. The summed E-state index contributed by atoms with van der Waals surface area (Å²) in [5.41, 5.74) is 0. The fraction of sp³-hybridized carbons (Fsp3) is 0.571. The van der Waals surface area contributed by atoms with Crippen molar-refractivity contribution < 1.29 is 4.74 Å². The van der Waals surface area contributed by atoms with Crippen molar-refractivity contribution in [3.8, 4) is 12.3 Å². The topological polar surface area (TPSA) is 69.2 Å². The van der Waals surface area contributed by atoms with Gasteiger partial charge in [-0.15, -0.1) is 4.99 Å². The number of aliphatic imine (C=N–C) groups is 1. The standard InChI is InChI=1S/C7H9N3O/c1-6(2)11-7(3-4-8)10-5-9/h6H,3H2,1-2H3/b10-7+. The summed E-state index contributed by atoms with van der Waals surface area (Å²) in [5.74, 6) is 0.185. The van der Waals surface area contributed by atoms with Gasteiger partial charge in [-0.1, -0.05) is 0 Å². The minimum atomic E-state index is -0.0459. The van der Waals surface area contributed by atoms with Crippen molar-refractivity contribution >= 4 is 5.90 Å². The van der Waals surface area contributed by atoms with Crippen LogP contribution in [0.3, 0.4) is 0 Å². The van der Waals surface area contributed by atoms with E-state index in [0.29, 0.717) is 0 Å². The second-order valence-corrected chi connectivity index (χ2v) is 2.11. The smallest absolute Gasteiger partial charge is 0.213 e. The molecule has 0 aliphatic heterocycles. The summed E-state index contributed by atoms with van der Waals surface area (Å²) in [4.78, 5) is 3.33. The second-order valence-electron chi connectivity index (χ2n) is 2.11. The van der Waals surface area contributed by atoms with Gasteiger partial charge in [0.2, 0.25) is 12.1 Å². The summed E-state index contributed by atoms with van der Waals surface area (Å²) >= 11 is 0. The summed E-state index contributed by atoms with van der Waals surface area (Å²) in [6.45, 7) is 3.62. The van der Waals surface area contributed by atoms with Gasteiger partial charge >= 0.3 is 0 Å². The molecule has 0 saturated heterocycles. The lowest BCUT2D eigenvalue weighted by Crippen LogP contribution is -2.10. The van der Waals surface area contributed by atoms with Gasteiger partial charge in [-0.2, -0.15) is 10.5 Å². The number of hydrogen-bond acceptors (Lipinski definition) is 4. The number of ether oxygens (including phenoxy) is 1. The first-order chi connectivity index (χ1) is 5.20. The predicted octanol–water partition coefficient (Wildman–Crippen LogP) is 1.20. The van der Waals surface area contributed by atoms with E-state index in [4.69, 9.17) is 15.3 Å². The largest absolute Gasteiger partial charge is 0.477 e. The van der Waals surface area contributed by atoms with Crippen LogP contribution in [0.1, 0.15) is 20.3 Å². The molecule has 0 aliphatic rings. The minimum absolute atomic E-state index is 0.0459. The van der Waals surface area contributed by atoms with Gasteiger partial charge in [0, 0.05) is 0 Å². The van der Waals surface area contributed by atoms with Crippen LogP contribution in [-0.4, -0.2) is 12.0 Å². The molecule has 0 heterocycles. The van der Waals surface area contributed by atoms with Gasteiger partial charge in [-0.25, -0.2) is 0 Å². The van der Waals surface area contributed by atoms with E-state index < -0.39 is 0 Å². The molecule has 0 aromatic rings. The van der Waals surface area contributed by atoms with Gasteiger partial charge in [-0.05, 0) is 13.8 Å². The molecule has 0 atom stereocenters. The molecule has 0 rings (SSSR count). The first-order valence-corrected chi connectivity index (χ1v) is 3.20. The Morgan fingerprint density at radius 3 is 2.55 bits per heavy atom. The van der Waals surface area contributed by atoms with Crippen LogP contribution in [0.2, 0.25) is 0 Å². The Bertz CT molecular complexity index is 219. The predicted molar refractivity (Wildman–Crippen MR) is 39.5 cm³/mol.